The molecule has 0 unspecified atom stereocenters. The fourth-order valence-electron chi connectivity index (χ4n) is 2.70. The van der Waals surface area contributed by atoms with Crippen molar-refractivity contribution in [3.05, 3.63) is 0 Å². The molecule has 1 aliphatic rings. The maximum atomic E-state index is 12.7. The maximum Gasteiger partial charge on any atom is 0.282 e. The van der Waals surface area contributed by atoms with Gasteiger partial charge in [0.05, 0.1) is 6.54 Å². The van der Waals surface area contributed by atoms with E-state index < -0.39 is 10.2 Å². The van der Waals surface area contributed by atoms with Gasteiger partial charge in [-0.3, -0.25) is 4.79 Å². The van der Waals surface area contributed by atoms with Gasteiger partial charge in [0.15, 0.2) is 0 Å². The molecule has 7 heteroatoms. The molecule has 0 saturated heterocycles. The summed E-state index contributed by atoms with van der Waals surface area (Å²) in [7, 11) is -1.94. The molecule has 1 aliphatic carbocycles. The Morgan fingerprint density at radius 3 is 2.29 bits per heavy atom. The third-order valence-electron chi connectivity index (χ3n) is 3.90. The number of nitrogens with one attached hydrogen (secondary N) is 1. The van der Waals surface area contributed by atoms with Gasteiger partial charge in [0.2, 0.25) is 5.91 Å². The first-order valence-electron chi connectivity index (χ1n) is 7.81. The second-order valence-electron chi connectivity index (χ2n) is 5.96. The van der Waals surface area contributed by atoms with Crippen molar-refractivity contribution in [3.8, 4) is 0 Å². The first-order valence-corrected chi connectivity index (χ1v) is 9.21. The van der Waals surface area contributed by atoms with E-state index in [9.17, 15) is 13.2 Å². The smallest absolute Gasteiger partial charge is 0.282 e. The van der Waals surface area contributed by atoms with Crippen LogP contribution in [0, 0.1) is 0 Å². The Bertz CT molecular complexity index is 431. The summed E-state index contributed by atoms with van der Waals surface area (Å²) >= 11 is 0. The molecule has 0 heterocycles. The summed E-state index contributed by atoms with van der Waals surface area (Å²) in [5.74, 6) is -0.257. The normalized spacial score (nSPS) is 17.7. The van der Waals surface area contributed by atoms with Crippen LogP contribution >= 0.6 is 0 Å². The average Bonchev–Trinajstić information content (AvgIpc) is 2.43. The monoisotopic (exact) mass is 319 g/mol. The highest BCUT2D eigenvalue weighted by molar-refractivity contribution is 7.86. The minimum Gasteiger partial charge on any atom is -0.353 e. The number of amides is 1. The summed E-state index contributed by atoms with van der Waals surface area (Å²) in [6.07, 6.45) is 5.14. The molecule has 1 N–H and O–H groups in total. The highest BCUT2D eigenvalue weighted by atomic mass is 32.2. The molecule has 0 aromatic carbocycles. The molecule has 21 heavy (non-hydrogen) atoms. The molecule has 1 amide bonds. The van der Waals surface area contributed by atoms with Crippen LogP contribution in [0.3, 0.4) is 0 Å². The Balaban J connectivity index is 2.74. The van der Waals surface area contributed by atoms with Crippen LogP contribution < -0.4 is 5.32 Å². The molecule has 124 valence electrons. The van der Waals surface area contributed by atoms with Crippen LogP contribution in [-0.4, -0.2) is 55.2 Å². The summed E-state index contributed by atoms with van der Waals surface area (Å²) in [6.45, 7) is 5.65. The molecule has 0 aliphatic heterocycles. The number of likely N-dealkylation sites (N-methyl/N-ethyl adjacent to an activating group) is 1. The van der Waals surface area contributed by atoms with Gasteiger partial charge in [-0.15, -0.1) is 0 Å². The van der Waals surface area contributed by atoms with Gasteiger partial charge >= 0.3 is 0 Å². The summed E-state index contributed by atoms with van der Waals surface area (Å²) < 4.78 is 28.0. The van der Waals surface area contributed by atoms with Crippen LogP contribution in [0.1, 0.15) is 52.9 Å². The van der Waals surface area contributed by atoms with Crippen LogP contribution in [-0.2, 0) is 15.0 Å². The summed E-state index contributed by atoms with van der Waals surface area (Å²) in [4.78, 5) is 11.8. The van der Waals surface area contributed by atoms with E-state index in [0.29, 0.717) is 6.54 Å². The second kappa shape index (κ2) is 8.10. The number of carbonyl (C=O) groups is 1. The predicted molar refractivity (Wildman–Crippen MR) is 84.1 cm³/mol. The van der Waals surface area contributed by atoms with E-state index in [2.05, 4.69) is 5.32 Å². The van der Waals surface area contributed by atoms with E-state index in [0.717, 1.165) is 25.7 Å². The van der Waals surface area contributed by atoms with Crippen LogP contribution in [0.15, 0.2) is 0 Å². The lowest BCUT2D eigenvalue weighted by molar-refractivity contribution is -0.121. The van der Waals surface area contributed by atoms with Gasteiger partial charge < -0.3 is 5.32 Å². The standard InChI is InChI=1S/C14H29N3O3S/c1-5-17(11-14(18)15-12(2)3)21(19,20)16(4)13-9-7-6-8-10-13/h12-13H,5-11H2,1-4H3,(H,15,18). The molecular weight excluding hydrogens is 290 g/mol. The van der Waals surface area contributed by atoms with Gasteiger partial charge in [-0.2, -0.15) is 17.0 Å². The largest absolute Gasteiger partial charge is 0.353 e. The van der Waals surface area contributed by atoms with Crippen molar-refractivity contribution >= 4 is 16.1 Å². The van der Waals surface area contributed by atoms with Crippen LogP contribution in [0.4, 0.5) is 0 Å². The Morgan fingerprint density at radius 2 is 1.81 bits per heavy atom. The van der Waals surface area contributed by atoms with Crippen LogP contribution in [0.5, 0.6) is 0 Å². The first kappa shape index (κ1) is 18.4. The Hall–Kier alpha value is -0.660. The average molecular weight is 319 g/mol. The Morgan fingerprint density at radius 1 is 1.24 bits per heavy atom. The minimum atomic E-state index is -3.58. The zero-order chi connectivity index (χ0) is 16.0. The van der Waals surface area contributed by atoms with Crippen molar-refractivity contribution in [2.75, 3.05) is 20.1 Å². The van der Waals surface area contributed by atoms with E-state index in [-0.39, 0.29) is 24.5 Å². The summed E-state index contributed by atoms with van der Waals surface area (Å²) in [5, 5.41) is 2.73. The summed E-state index contributed by atoms with van der Waals surface area (Å²) in [6, 6.07) is 0.0703. The number of carbonyl (C=O) groups excluding carboxylic acids is 1. The second-order valence-corrected chi connectivity index (χ2v) is 7.95. The Labute approximate surface area is 129 Å². The van der Waals surface area contributed by atoms with Crippen molar-refractivity contribution in [1.82, 2.24) is 13.9 Å². The zero-order valence-corrected chi connectivity index (χ0v) is 14.4. The molecule has 0 spiro atoms. The highest BCUT2D eigenvalue weighted by Crippen LogP contribution is 2.24. The third kappa shape index (κ3) is 5.23. The van der Waals surface area contributed by atoms with Crippen molar-refractivity contribution in [2.24, 2.45) is 0 Å². The van der Waals surface area contributed by atoms with Crippen molar-refractivity contribution < 1.29 is 13.2 Å². The van der Waals surface area contributed by atoms with Crippen LogP contribution in [0.25, 0.3) is 0 Å². The quantitative estimate of drug-likeness (QED) is 0.770. The van der Waals surface area contributed by atoms with E-state index in [1.54, 1.807) is 14.0 Å². The van der Waals surface area contributed by atoms with Crippen molar-refractivity contribution in [3.63, 3.8) is 0 Å². The van der Waals surface area contributed by atoms with Gasteiger partial charge in [-0.25, -0.2) is 0 Å². The topological polar surface area (TPSA) is 69.7 Å². The molecule has 0 aromatic rings. The molecule has 0 bridgehead atoms. The van der Waals surface area contributed by atoms with E-state index >= 15 is 0 Å². The SMILES string of the molecule is CCN(CC(=O)NC(C)C)S(=O)(=O)N(C)C1CCCCC1. The van der Waals surface area contributed by atoms with E-state index in [1.165, 1.54) is 15.0 Å². The summed E-state index contributed by atoms with van der Waals surface area (Å²) in [5.41, 5.74) is 0. The minimum absolute atomic E-state index is 0.00924. The highest BCUT2D eigenvalue weighted by Gasteiger charge is 2.32. The van der Waals surface area contributed by atoms with Crippen LogP contribution in [0.2, 0.25) is 0 Å². The predicted octanol–water partition coefficient (Wildman–Crippen LogP) is 1.34. The molecule has 0 aromatic heterocycles. The molecule has 0 atom stereocenters. The van der Waals surface area contributed by atoms with Gasteiger partial charge in [0.25, 0.3) is 10.2 Å². The van der Waals surface area contributed by atoms with Crippen molar-refractivity contribution in [1.29, 1.82) is 0 Å². The molecule has 0 radical (unpaired) electrons. The number of hydrogen-bond acceptors (Lipinski definition) is 3. The Kier molecular flexibility index (Phi) is 7.09. The zero-order valence-electron chi connectivity index (χ0n) is 13.6. The third-order valence-corrected chi connectivity index (χ3v) is 5.97. The molecule has 1 fully saturated rings. The lowest BCUT2D eigenvalue weighted by Crippen LogP contribution is -2.50. The molecule has 1 saturated carbocycles. The van der Waals surface area contributed by atoms with E-state index in [4.69, 9.17) is 0 Å². The molecule has 6 nitrogen and oxygen atoms in total. The number of rotatable bonds is 7. The fraction of sp³-hybridized carbons (Fsp3) is 0.929. The fourth-order valence-corrected chi connectivity index (χ4v) is 4.26. The van der Waals surface area contributed by atoms with Gasteiger partial charge in [-0.1, -0.05) is 26.2 Å². The van der Waals surface area contributed by atoms with Gasteiger partial charge in [0, 0.05) is 25.7 Å². The van der Waals surface area contributed by atoms with Gasteiger partial charge in [0.1, 0.15) is 0 Å². The first-order chi connectivity index (χ1) is 9.78. The number of nitrogens with zero attached hydrogens (tertiary/aromatic N) is 2. The lowest BCUT2D eigenvalue weighted by Gasteiger charge is -2.34. The maximum absolute atomic E-state index is 12.7. The number of hydrogen-bond donors (Lipinski definition) is 1. The molecular formula is C14H29N3O3S. The van der Waals surface area contributed by atoms with E-state index in [1.807, 2.05) is 13.8 Å². The van der Waals surface area contributed by atoms with Gasteiger partial charge in [-0.05, 0) is 26.7 Å². The molecule has 1 rings (SSSR count). The van der Waals surface area contributed by atoms with Crippen molar-refractivity contribution in [2.45, 2.75) is 65.0 Å². The lowest BCUT2D eigenvalue weighted by atomic mass is 9.96.